The van der Waals surface area contributed by atoms with Crippen molar-refractivity contribution in [2.24, 2.45) is 5.92 Å². The molecule has 5 heteroatoms. The van der Waals surface area contributed by atoms with Crippen molar-refractivity contribution in [3.63, 3.8) is 0 Å². The first-order valence-corrected chi connectivity index (χ1v) is 6.15. The Hall–Kier alpha value is -1.36. The van der Waals surface area contributed by atoms with E-state index >= 15 is 0 Å². The molecule has 0 amide bonds. The number of nitrogen functional groups attached to an aromatic ring is 1. The minimum Gasteiger partial charge on any atom is -0.384 e. The minimum atomic E-state index is 0.414. The SMILES string of the molecule is CCOCc1nc(N)cc(NC2CC(C)C2)n1. The molecule has 1 aromatic rings. The molecule has 1 fully saturated rings. The molecule has 1 saturated carbocycles. The first kappa shape index (κ1) is 12.1. The average molecular weight is 236 g/mol. The second-order valence-corrected chi connectivity index (χ2v) is 4.65. The van der Waals surface area contributed by atoms with E-state index in [0.717, 1.165) is 11.7 Å². The van der Waals surface area contributed by atoms with Gasteiger partial charge in [0.1, 0.15) is 18.2 Å². The van der Waals surface area contributed by atoms with Crippen molar-refractivity contribution >= 4 is 11.6 Å². The van der Waals surface area contributed by atoms with E-state index < -0.39 is 0 Å². The molecule has 2 rings (SSSR count). The summed E-state index contributed by atoms with van der Waals surface area (Å²) in [6.45, 7) is 5.27. The van der Waals surface area contributed by atoms with Crippen LogP contribution in [0.1, 0.15) is 32.5 Å². The number of ether oxygens (including phenoxy) is 1. The van der Waals surface area contributed by atoms with Crippen LogP contribution in [0.15, 0.2) is 6.07 Å². The Bertz CT molecular complexity index is 377. The summed E-state index contributed by atoms with van der Waals surface area (Å²) in [5.41, 5.74) is 5.75. The summed E-state index contributed by atoms with van der Waals surface area (Å²) in [4.78, 5) is 8.53. The third-order valence-corrected chi connectivity index (χ3v) is 2.95. The van der Waals surface area contributed by atoms with Gasteiger partial charge in [0.25, 0.3) is 0 Å². The average Bonchev–Trinajstić information content (AvgIpc) is 2.23. The van der Waals surface area contributed by atoms with Crippen LogP contribution in [-0.4, -0.2) is 22.6 Å². The minimum absolute atomic E-state index is 0.414. The first-order valence-electron chi connectivity index (χ1n) is 6.15. The molecule has 0 radical (unpaired) electrons. The van der Waals surface area contributed by atoms with Gasteiger partial charge in [-0.05, 0) is 25.7 Å². The molecule has 94 valence electrons. The molecule has 3 N–H and O–H groups in total. The van der Waals surface area contributed by atoms with Crippen molar-refractivity contribution in [2.45, 2.75) is 39.3 Å². The molecular formula is C12H20N4O. The summed E-state index contributed by atoms with van der Waals surface area (Å²) in [6, 6.07) is 2.30. The Morgan fingerprint density at radius 3 is 2.88 bits per heavy atom. The summed E-state index contributed by atoms with van der Waals surface area (Å²) < 4.78 is 5.28. The molecule has 0 aliphatic heterocycles. The van der Waals surface area contributed by atoms with Crippen LogP contribution < -0.4 is 11.1 Å². The fraction of sp³-hybridized carbons (Fsp3) is 0.667. The molecule has 0 bridgehead atoms. The fourth-order valence-electron chi connectivity index (χ4n) is 2.08. The van der Waals surface area contributed by atoms with Gasteiger partial charge in [0.15, 0.2) is 5.82 Å². The first-order chi connectivity index (χ1) is 8.17. The Morgan fingerprint density at radius 1 is 1.47 bits per heavy atom. The van der Waals surface area contributed by atoms with Crippen LogP contribution in [-0.2, 0) is 11.3 Å². The van der Waals surface area contributed by atoms with E-state index in [4.69, 9.17) is 10.5 Å². The van der Waals surface area contributed by atoms with Gasteiger partial charge in [-0.1, -0.05) is 6.92 Å². The van der Waals surface area contributed by atoms with Gasteiger partial charge >= 0.3 is 0 Å². The lowest BCUT2D eigenvalue weighted by atomic mass is 9.82. The maximum Gasteiger partial charge on any atom is 0.158 e. The zero-order valence-corrected chi connectivity index (χ0v) is 10.4. The molecule has 5 nitrogen and oxygen atoms in total. The third kappa shape index (κ3) is 3.30. The molecule has 0 aromatic carbocycles. The highest BCUT2D eigenvalue weighted by Gasteiger charge is 2.25. The predicted molar refractivity (Wildman–Crippen MR) is 67.6 cm³/mol. The topological polar surface area (TPSA) is 73.1 Å². The van der Waals surface area contributed by atoms with Gasteiger partial charge in [0.2, 0.25) is 0 Å². The van der Waals surface area contributed by atoms with Crippen LogP contribution in [0.3, 0.4) is 0 Å². The van der Waals surface area contributed by atoms with Gasteiger partial charge in [-0.2, -0.15) is 0 Å². The van der Waals surface area contributed by atoms with Crippen molar-refractivity contribution in [3.05, 3.63) is 11.9 Å². The lowest BCUT2D eigenvalue weighted by Gasteiger charge is -2.33. The zero-order chi connectivity index (χ0) is 12.3. The van der Waals surface area contributed by atoms with Gasteiger partial charge < -0.3 is 15.8 Å². The van der Waals surface area contributed by atoms with E-state index in [1.165, 1.54) is 12.8 Å². The Balaban J connectivity index is 1.98. The number of hydrogen-bond acceptors (Lipinski definition) is 5. The maximum absolute atomic E-state index is 5.75. The normalized spacial score (nSPS) is 23.2. The summed E-state index contributed by atoms with van der Waals surface area (Å²) >= 11 is 0. The predicted octanol–water partition coefficient (Wildman–Crippen LogP) is 1.81. The molecule has 0 spiro atoms. The maximum atomic E-state index is 5.75. The second kappa shape index (κ2) is 5.31. The standard InChI is InChI=1S/C12H20N4O/c1-3-17-7-12-15-10(13)6-11(16-12)14-9-4-8(2)5-9/h6,8-9H,3-5,7H2,1-2H3,(H3,13,14,15,16). The molecule has 0 unspecified atom stereocenters. The largest absolute Gasteiger partial charge is 0.384 e. The smallest absolute Gasteiger partial charge is 0.158 e. The number of nitrogens with two attached hydrogens (primary N) is 1. The number of nitrogens with one attached hydrogen (secondary N) is 1. The van der Waals surface area contributed by atoms with Crippen LogP contribution in [0.4, 0.5) is 11.6 Å². The van der Waals surface area contributed by atoms with Gasteiger partial charge in [-0.3, -0.25) is 0 Å². The summed E-state index contributed by atoms with van der Waals surface area (Å²) in [6.07, 6.45) is 2.40. The number of hydrogen-bond donors (Lipinski definition) is 2. The molecule has 0 atom stereocenters. The van der Waals surface area contributed by atoms with E-state index in [1.54, 1.807) is 6.07 Å². The summed E-state index contributed by atoms with van der Waals surface area (Å²) in [5.74, 6) is 2.75. The number of aromatic nitrogens is 2. The highest BCUT2D eigenvalue weighted by molar-refractivity contribution is 5.45. The van der Waals surface area contributed by atoms with Gasteiger partial charge in [0.05, 0.1) is 0 Å². The van der Waals surface area contributed by atoms with Crippen molar-refractivity contribution in [1.82, 2.24) is 9.97 Å². The van der Waals surface area contributed by atoms with Crippen molar-refractivity contribution in [1.29, 1.82) is 0 Å². The third-order valence-electron chi connectivity index (χ3n) is 2.95. The zero-order valence-electron chi connectivity index (χ0n) is 10.4. The lowest BCUT2D eigenvalue weighted by molar-refractivity contribution is 0.128. The van der Waals surface area contributed by atoms with Gasteiger partial charge in [0, 0.05) is 18.7 Å². The molecule has 1 aliphatic carbocycles. The molecular weight excluding hydrogens is 216 g/mol. The van der Waals surface area contributed by atoms with Crippen LogP contribution in [0, 0.1) is 5.92 Å². The summed E-state index contributed by atoms with van der Waals surface area (Å²) in [5, 5.41) is 3.38. The van der Waals surface area contributed by atoms with Crippen molar-refractivity contribution < 1.29 is 4.74 Å². The number of anilines is 2. The highest BCUT2D eigenvalue weighted by atomic mass is 16.5. The Morgan fingerprint density at radius 2 is 2.24 bits per heavy atom. The van der Waals surface area contributed by atoms with E-state index in [-0.39, 0.29) is 0 Å². The fourth-order valence-corrected chi connectivity index (χ4v) is 2.08. The van der Waals surface area contributed by atoms with Crippen LogP contribution in [0.25, 0.3) is 0 Å². The van der Waals surface area contributed by atoms with Crippen molar-refractivity contribution in [3.8, 4) is 0 Å². The molecule has 1 heterocycles. The van der Waals surface area contributed by atoms with Gasteiger partial charge in [-0.25, -0.2) is 9.97 Å². The van der Waals surface area contributed by atoms with E-state index in [1.807, 2.05) is 6.92 Å². The van der Waals surface area contributed by atoms with E-state index in [9.17, 15) is 0 Å². The Kier molecular flexibility index (Phi) is 3.78. The van der Waals surface area contributed by atoms with Crippen LogP contribution >= 0.6 is 0 Å². The lowest BCUT2D eigenvalue weighted by Crippen LogP contribution is -2.34. The molecule has 17 heavy (non-hydrogen) atoms. The Labute approximate surface area is 102 Å². The van der Waals surface area contributed by atoms with Crippen LogP contribution in [0.5, 0.6) is 0 Å². The highest BCUT2D eigenvalue weighted by Crippen LogP contribution is 2.29. The van der Waals surface area contributed by atoms with Crippen LogP contribution in [0.2, 0.25) is 0 Å². The monoisotopic (exact) mass is 236 g/mol. The molecule has 0 saturated heterocycles. The van der Waals surface area contributed by atoms with Gasteiger partial charge in [-0.15, -0.1) is 0 Å². The van der Waals surface area contributed by atoms with Crippen molar-refractivity contribution in [2.75, 3.05) is 17.7 Å². The summed E-state index contributed by atoms with van der Waals surface area (Å²) in [7, 11) is 0. The molecule has 1 aromatic heterocycles. The van der Waals surface area contributed by atoms with E-state index in [2.05, 4.69) is 22.2 Å². The second-order valence-electron chi connectivity index (χ2n) is 4.65. The molecule has 1 aliphatic rings. The number of rotatable bonds is 5. The van der Waals surface area contributed by atoms with E-state index in [0.29, 0.717) is 30.9 Å². The quantitative estimate of drug-likeness (QED) is 0.815. The number of nitrogens with zero attached hydrogens (tertiary/aromatic N) is 2.